The number of ether oxygens (including phenoxy) is 1. The third-order valence-electron chi connectivity index (χ3n) is 4.95. The van der Waals surface area contributed by atoms with Crippen molar-refractivity contribution in [1.82, 2.24) is 9.97 Å². The van der Waals surface area contributed by atoms with Crippen LogP contribution in [0.3, 0.4) is 0 Å². The van der Waals surface area contributed by atoms with E-state index >= 15 is 0 Å². The molecule has 32 heavy (non-hydrogen) atoms. The van der Waals surface area contributed by atoms with Gasteiger partial charge in [0.1, 0.15) is 5.82 Å². The van der Waals surface area contributed by atoms with Crippen LogP contribution in [0, 0.1) is 43.4 Å². The zero-order valence-electron chi connectivity index (χ0n) is 18.5. The van der Waals surface area contributed by atoms with Crippen molar-refractivity contribution in [2.75, 3.05) is 17.7 Å². The quantitative estimate of drug-likeness (QED) is 0.486. The molecule has 0 aliphatic rings. The number of nitrogens with zero attached hydrogens (tertiary/aromatic N) is 4. The van der Waals surface area contributed by atoms with Crippen LogP contribution in [0.1, 0.15) is 33.5 Å². The van der Waals surface area contributed by atoms with Gasteiger partial charge < -0.3 is 15.4 Å². The summed E-state index contributed by atoms with van der Waals surface area (Å²) in [5, 5.41) is 24.4. The molecule has 0 radical (unpaired) electrons. The first-order valence-corrected chi connectivity index (χ1v) is 10.0. The number of nitriles is 2. The maximum absolute atomic E-state index is 8.99. The van der Waals surface area contributed by atoms with Gasteiger partial charge in [0.25, 0.3) is 0 Å². The van der Waals surface area contributed by atoms with Crippen LogP contribution < -0.4 is 10.6 Å². The Hall–Kier alpha value is -4.20. The first-order chi connectivity index (χ1) is 15.4. The molecule has 160 valence electrons. The summed E-state index contributed by atoms with van der Waals surface area (Å²) in [6, 6.07) is 15.3. The van der Waals surface area contributed by atoms with Gasteiger partial charge in [0, 0.05) is 30.1 Å². The minimum atomic E-state index is 0.348. The fraction of sp³-hybridized carbons (Fsp3) is 0.200. The van der Waals surface area contributed by atoms with Crippen molar-refractivity contribution in [2.45, 2.75) is 27.4 Å². The second kappa shape index (κ2) is 10.2. The highest BCUT2D eigenvalue weighted by atomic mass is 16.5. The topological polar surface area (TPSA) is 107 Å². The Kier molecular flexibility index (Phi) is 7.17. The normalized spacial score (nSPS) is 10.6. The molecule has 0 spiro atoms. The van der Waals surface area contributed by atoms with Crippen LogP contribution >= 0.6 is 0 Å². The monoisotopic (exact) mass is 424 g/mol. The number of allylic oxidation sites excluding steroid dienone is 1. The lowest BCUT2D eigenvalue weighted by molar-refractivity contribution is 0.181. The lowest BCUT2D eigenvalue weighted by Gasteiger charge is -2.18. The Bertz CT molecular complexity index is 1210. The highest BCUT2D eigenvalue weighted by molar-refractivity contribution is 5.71. The molecular weight excluding hydrogens is 400 g/mol. The summed E-state index contributed by atoms with van der Waals surface area (Å²) in [6.45, 7) is 6.33. The average Bonchev–Trinajstić information content (AvgIpc) is 2.78. The first-order valence-electron chi connectivity index (χ1n) is 10.0. The Morgan fingerprint density at radius 3 is 2.28 bits per heavy atom. The number of methoxy groups -OCH3 is 1. The number of anilines is 4. The SMILES string of the molecule is COCc1nc(Nc2ccc(C#N)cc2)nc(Nc2c(C)cc(/C=C/C#N)cc2C)c1C. The summed E-state index contributed by atoms with van der Waals surface area (Å²) in [7, 11) is 1.63. The Morgan fingerprint density at radius 1 is 1.00 bits per heavy atom. The molecule has 0 saturated carbocycles. The number of aryl methyl sites for hydroxylation is 2. The molecular formula is C25H24N6O. The fourth-order valence-corrected chi connectivity index (χ4v) is 3.32. The summed E-state index contributed by atoms with van der Waals surface area (Å²) >= 11 is 0. The molecule has 1 heterocycles. The van der Waals surface area contributed by atoms with E-state index < -0.39 is 0 Å². The third kappa shape index (κ3) is 5.28. The molecule has 0 atom stereocenters. The number of aromatic nitrogens is 2. The van der Waals surface area contributed by atoms with E-state index in [1.54, 1.807) is 25.3 Å². The van der Waals surface area contributed by atoms with Gasteiger partial charge in [-0.05, 0) is 79.9 Å². The van der Waals surface area contributed by atoms with Gasteiger partial charge >= 0.3 is 0 Å². The van der Waals surface area contributed by atoms with Crippen molar-refractivity contribution in [3.8, 4) is 12.1 Å². The zero-order valence-corrected chi connectivity index (χ0v) is 18.5. The molecule has 0 saturated heterocycles. The van der Waals surface area contributed by atoms with Crippen LogP contribution in [0.4, 0.5) is 23.1 Å². The third-order valence-corrected chi connectivity index (χ3v) is 4.95. The van der Waals surface area contributed by atoms with Crippen molar-refractivity contribution < 1.29 is 4.74 Å². The van der Waals surface area contributed by atoms with Crippen LogP contribution in [0.5, 0.6) is 0 Å². The maximum Gasteiger partial charge on any atom is 0.229 e. The predicted octanol–water partition coefficient (Wildman–Crippen LogP) is 5.44. The van der Waals surface area contributed by atoms with E-state index in [0.717, 1.165) is 39.3 Å². The van der Waals surface area contributed by atoms with E-state index in [0.29, 0.717) is 23.9 Å². The summed E-state index contributed by atoms with van der Waals surface area (Å²) in [6.07, 6.45) is 3.25. The molecule has 3 aromatic rings. The Balaban J connectivity index is 1.97. The lowest BCUT2D eigenvalue weighted by atomic mass is 10.0. The number of hydrogen-bond acceptors (Lipinski definition) is 7. The number of hydrogen-bond donors (Lipinski definition) is 2. The van der Waals surface area contributed by atoms with Crippen molar-refractivity contribution in [2.24, 2.45) is 0 Å². The molecule has 3 rings (SSSR count). The van der Waals surface area contributed by atoms with Gasteiger partial charge in [0.15, 0.2) is 0 Å². The van der Waals surface area contributed by atoms with Crippen LogP contribution in [0.2, 0.25) is 0 Å². The highest BCUT2D eigenvalue weighted by Crippen LogP contribution is 2.29. The van der Waals surface area contributed by atoms with Crippen LogP contribution in [-0.4, -0.2) is 17.1 Å². The zero-order chi connectivity index (χ0) is 23.1. The van der Waals surface area contributed by atoms with Gasteiger partial charge in [0.05, 0.1) is 30.0 Å². The molecule has 0 aliphatic heterocycles. The molecule has 0 bridgehead atoms. The van der Waals surface area contributed by atoms with E-state index in [-0.39, 0.29) is 0 Å². The standard InChI is InChI=1S/C25H24N6O/c1-16-12-20(6-5-11-26)13-17(2)23(16)30-24-18(3)22(15-32-4)29-25(31-24)28-21-9-7-19(14-27)8-10-21/h5-10,12-13H,15H2,1-4H3,(H2,28,29,30,31)/b6-5+. The molecule has 7 nitrogen and oxygen atoms in total. The van der Waals surface area contributed by atoms with E-state index in [9.17, 15) is 0 Å². The van der Waals surface area contributed by atoms with Crippen LogP contribution in [0.15, 0.2) is 42.5 Å². The van der Waals surface area contributed by atoms with Crippen molar-refractivity contribution >= 4 is 29.2 Å². The van der Waals surface area contributed by atoms with Crippen molar-refractivity contribution in [1.29, 1.82) is 10.5 Å². The molecule has 2 aromatic carbocycles. The molecule has 0 unspecified atom stereocenters. The van der Waals surface area contributed by atoms with Gasteiger partial charge in [-0.25, -0.2) is 4.98 Å². The van der Waals surface area contributed by atoms with Gasteiger partial charge in [-0.15, -0.1) is 0 Å². The molecule has 0 fully saturated rings. The lowest BCUT2D eigenvalue weighted by Crippen LogP contribution is -2.09. The van der Waals surface area contributed by atoms with E-state index in [1.165, 1.54) is 6.08 Å². The Morgan fingerprint density at radius 2 is 1.69 bits per heavy atom. The van der Waals surface area contributed by atoms with Crippen LogP contribution in [0.25, 0.3) is 6.08 Å². The van der Waals surface area contributed by atoms with E-state index in [2.05, 4.69) is 21.7 Å². The first kappa shape index (κ1) is 22.5. The fourth-order valence-electron chi connectivity index (χ4n) is 3.32. The predicted molar refractivity (Wildman–Crippen MR) is 126 cm³/mol. The number of benzene rings is 2. The minimum absolute atomic E-state index is 0.348. The molecule has 1 aromatic heterocycles. The molecule has 0 amide bonds. The number of rotatable bonds is 7. The largest absolute Gasteiger partial charge is 0.378 e. The summed E-state index contributed by atoms with van der Waals surface area (Å²) < 4.78 is 5.33. The molecule has 0 aliphatic carbocycles. The minimum Gasteiger partial charge on any atom is -0.378 e. The summed E-state index contributed by atoms with van der Waals surface area (Å²) in [5.41, 5.74) is 7.02. The second-order valence-corrected chi connectivity index (χ2v) is 7.33. The van der Waals surface area contributed by atoms with Gasteiger partial charge in [-0.1, -0.05) is 0 Å². The van der Waals surface area contributed by atoms with Crippen LogP contribution in [-0.2, 0) is 11.3 Å². The van der Waals surface area contributed by atoms with Gasteiger partial charge in [-0.3, -0.25) is 0 Å². The molecule has 7 heteroatoms. The summed E-state index contributed by atoms with van der Waals surface area (Å²) in [5.74, 6) is 1.11. The highest BCUT2D eigenvalue weighted by Gasteiger charge is 2.14. The van der Waals surface area contributed by atoms with Crippen molar-refractivity contribution in [3.05, 3.63) is 76.0 Å². The van der Waals surface area contributed by atoms with Gasteiger partial charge in [-0.2, -0.15) is 15.5 Å². The smallest absolute Gasteiger partial charge is 0.229 e. The van der Waals surface area contributed by atoms with Gasteiger partial charge in [0.2, 0.25) is 5.95 Å². The molecule has 2 N–H and O–H groups in total. The Labute approximate surface area is 188 Å². The van der Waals surface area contributed by atoms with E-state index in [4.69, 9.17) is 20.2 Å². The average molecular weight is 425 g/mol. The summed E-state index contributed by atoms with van der Waals surface area (Å²) in [4.78, 5) is 9.29. The van der Waals surface area contributed by atoms with E-state index in [1.807, 2.05) is 51.1 Å². The van der Waals surface area contributed by atoms with Crippen molar-refractivity contribution in [3.63, 3.8) is 0 Å². The second-order valence-electron chi connectivity index (χ2n) is 7.33. The maximum atomic E-state index is 8.99. The number of nitrogens with one attached hydrogen (secondary N) is 2.